The van der Waals surface area contributed by atoms with Crippen molar-refractivity contribution in [1.82, 2.24) is 14.1 Å². The zero-order valence-electron chi connectivity index (χ0n) is 20.5. The summed E-state index contributed by atoms with van der Waals surface area (Å²) >= 11 is 3.09. The first kappa shape index (κ1) is 24.3. The van der Waals surface area contributed by atoms with Crippen molar-refractivity contribution in [3.63, 3.8) is 0 Å². The summed E-state index contributed by atoms with van der Waals surface area (Å²) in [6.45, 7) is 12.2. The molecule has 3 aromatic heterocycles. The Labute approximate surface area is 204 Å². The molecule has 0 saturated carbocycles. The number of hydrogen-bond donors (Lipinski definition) is 0. The number of rotatable bonds is 9. The minimum absolute atomic E-state index is 0.0797. The van der Waals surface area contributed by atoms with Crippen LogP contribution in [0.2, 0.25) is 0 Å². The highest BCUT2D eigenvalue weighted by Crippen LogP contribution is 2.35. The third-order valence-electron chi connectivity index (χ3n) is 6.62. The molecule has 3 heterocycles. The molecule has 0 aliphatic heterocycles. The van der Waals surface area contributed by atoms with Crippen LogP contribution in [0, 0.1) is 19.8 Å². The molecule has 0 saturated heterocycles. The van der Waals surface area contributed by atoms with Crippen LogP contribution in [0.3, 0.4) is 0 Å². The predicted octanol–water partition coefficient (Wildman–Crippen LogP) is 6.19. The van der Waals surface area contributed by atoms with Crippen molar-refractivity contribution in [2.45, 2.75) is 91.4 Å². The number of ketones is 1. The van der Waals surface area contributed by atoms with E-state index < -0.39 is 0 Å². The van der Waals surface area contributed by atoms with Gasteiger partial charge in [0.25, 0.3) is 5.56 Å². The summed E-state index contributed by atoms with van der Waals surface area (Å²) in [7, 11) is 0. The highest BCUT2D eigenvalue weighted by Gasteiger charge is 2.23. The van der Waals surface area contributed by atoms with Crippen LogP contribution in [0.1, 0.15) is 78.6 Å². The van der Waals surface area contributed by atoms with Crippen molar-refractivity contribution in [2.24, 2.45) is 5.92 Å². The van der Waals surface area contributed by atoms with Crippen LogP contribution < -0.4 is 5.56 Å². The van der Waals surface area contributed by atoms with E-state index in [2.05, 4.69) is 32.3 Å². The number of thioether (sulfide) groups is 1. The van der Waals surface area contributed by atoms with Gasteiger partial charge in [0.1, 0.15) is 4.83 Å². The normalized spacial score (nSPS) is 13.8. The summed E-state index contributed by atoms with van der Waals surface area (Å²) in [5.41, 5.74) is 4.26. The minimum atomic E-state index is 0.0797. The van der Waals surface area contributed by atoms with Crippen LogP contribution >= 0.6 is 23.1 Å². The second kappa shape index (κ2) is 10.2. The number of aryl methyl sites for hydroxylation is 3. The first-order valence-corrected chi connectivity index (χ1v) is 14.0. The summed E-state index contributed by atoms with van der Waals surface area (Å²) in [6.07, 6.45) is 6.32. The van der Waals surface area contributed by atoms with Gasteiger partial charge in [0, 0.05) is 34.9 Å². The van der Waals surface area contributed by atoms with E-state index in [9.17, 15) is 9.59 Å². The maximum atomic E-state index is 13.6. The van der Waals surface area contributed by atoms with E-state index in [1.54, 1.807) is 11.3 Å². The number of aromatic nitrogens is 3. The Hall–Kier alpha value is -1.86. The average Bonchev–Trinajstić information content (AvgIpc) is 3.29. The highest BCUT2D eigenvalue weighted by atomic mass is 32.2. The first-order chi connectivity index (χ1) is 15.8. The molecule has 0 fully saturated rings. The minimum Gasteiger partial charge on any atom is -0.348 e. The van der Waals surface area contributed by atoms with Crippen LogP contribution in [0.15, 0.2) is 16.0 Å². The predicted molar refractivity (Wildman–Crippen MR) is 139 cm³/mol. The number of fused-ring (bicyclic) bond motifs is 3. The Kier molecular flexibility index (Phi) is 7.49. The summed E-state index contributed by atoms with van der Waals surface area (Å²) in [4.78, 5) is 33.9. The lowest BCUT2D eigenvalue weighted by Crippen LogP contribution is -2.25. The summed E-state index contributed by atoms with van der Waals surface area (Å²) in [5.74, 6) is 0.888. The molecule has 0 radical (unpaired) electrons. The van der Waals surface area contributed by atoms with Gasteiger partial charge in [0.2, 0.25) is 0 Å². The largest absolute Gasteiger partial charge is 0.348 e. The molecule has 4 rings (SSSR count). The molecule has 178 valence electrons. The Morgan fingerprint density at radius 1 is 1.18 bits per heavy atom. The lowest BCUT2D eigenvalue weighted by molar-refractivity contribution is 0.102. The standard InChI is InChI=1S/C26H35N3O2S2/c1-6-12-28-17(4)14-20(18(28)5)21(30)15-32-26-27-24-23(19-9-7-8-10-22(19)33-24)25(31)29(26)13-11-16(2)3/h14,16H,6-13,15H2,1-5H3. The van der Waals surface area contributed by atoms with Gasteiger partial charge in [-0.2, -0.15) is 0 Å². The molecule has 33 heavy (non-hydrogen) atoms. The SMILES string of the molecule is CCCn1c(C)cc(C(=O)CSc2nc3sc4c(c3c(=O)n2CCC(C)C)CCCC4)c1C. The van der Waals surface area contributed by atoms with E-state index in [1.165, 1.54) is 28.6 Å². The fourth-order valence-electron chi connectivity index (χ4n) is 4.77. The number of carbonyl (C=O) groups is 1. The molecule has 3 aromatic rings. The number of nitrogens with zero attached hydrogens (tertiary/aromatic N) is 3. The van der Waals surface area contributed by atoms with Crippen molar-refractivity contribution in [1.29, 1.82) is 0 Å². The molecule has 0 unspecified atom stereocenters. The zero-order chi connectivity index (χ0) is 23.7. The molecule has 7 heteroatoms. The molecule has 0 bridgehead atoms. The maximum Gasteiger partial charge on any atom is 0.263 e. The molecule has 1 aliphatic rings. The summed E-state index contributed by atoms with van der Waals surface area (Å²) in [6, 6.07) is 2.00. The first-order valence-electron chi connectivity index (χ1n) is 12.2. The second-order valence-corrected chi connectivity index (χ2v) is 11.6. The van der Waals surface area contributed by atoms with Crippen molar-refractivity contribution in [3.8, 4) is 0 Å². The number of Topliss-reactive ketones (excluding diaryl/α,β-unsaturated/α-hetero) is 1. The van der Waals surface area contributed by atoms with E-state index in [0.29, 0.717) is 23.4 Å². The van der Waals surface area contributed by atoms with Crippen LogP contribution in [0.5, 0.6) is 0 Å². The molecular weight excluding hydrogens is 450 g/mol. The Morgan fingerprint density at radius 2 is 1.94 bits per heavy atom. The van der Waals surface area contributed by atoms with Gasteiger partial charge >= 0.3 is 0 Å². The zero-order valence-corrected chi connectivity index (χ0v) is 22.1. The van der Waals surface area contributed by atoms with Crippen molar-refractivity contribution >= 4 is 39.1 Å². The smallest absolute Gasteiger partial charge is 0.263 e. The highest BCUT2D eigenvalue weighted by molar-refractivity contribution is 7.99. The monoisotopic (exact) mass is 485 g/mol. The Morgan fingerprint density at radius 3 is 2.67 bits per heavy atom. The van der Waals surface area contributed by atoms with E-state index in [-0.39, 0.29) is 11.3 Å². The lowest BCUT2D eigenvalue weighted by Gasteiger charge is -2.14. The molecule has 5 nitrogen and oxygen atoms in total. The Balaban J connectivity index is 1.66. The molecule has 1 aliphatic carbocycles. The molecule has 0 aromatic carbocycles. The van der Waals surface area contributed by atoms with Gasteiger partial charge < -0.3 is 4.57 Å². The van der Waals surface area contributed by atoms with Crippen LogP contribution in [-0.4, -0.2) is 25.7 Å². The maximum absolute atomic E-state index is 13.6. The van der Waals surface area contributed by atoms with Gasteiger partial charge in [-0.25, -0.2) is 4.98 Å². The second-order valence-electron chi connectivity index (χ2n) is 9.57. The molecule has 0 atom stereocenters. The number of carbonyl (C=O) groups excluding carboxylic acids is 1. The van der Waals surface area contributed by atoms with E-state index in [4.69, 9.17) is 4.98 Å². The fraction of sp³-hybridized carbons (Fsp3) is 0.577. The van der Waals surface area contributed by atoms with Crippen molar-refractivity contribution < 1.29 is 4.79 Å². The van der Waals surface area contributed by atoms with Crippen LogP contribution in [0.4, 0.5) is 0 Å². The van der Waals surface area contributed by atoms with Crippen LogP contribution in [-0.2, 0) is 25.9 Å². The van der Waals surface area contributed by atoms with Gasteiger partial charge in [-0.05, 0) is 69.9 Å². The van der Waals surface area contributed by atoms with E-state index >= 15 is 0 Å². The lowest BCUT2D eigenvalue weighted by atomic mass is 9.97. The third kappa shape index (κ3) is 4.85. The van der Waals surface area contributed by atoms with E-state index in [1.807, 2.05) is 17.6 Å². The summed E-state index contributed by atoms with van der Waals surface area (Å²) < 4.78 is 4.05. The average molecular weight is 486 g/mol. The molecule has 0 amide bonds. The third-order valence-corrected chi connectivity index (χ3v) is 8.79. The molecular formula is C26H35N3O2S2. The number of hydrogen-bond acceptors (Lipinski definition) is 5. The van der Waals surface area contributed by atoms with Gasteiger partial charge in [0.15, 0.2) is 10.9 Å². The van der Waals surface area contributed by atoms with Gasteiger partial charge in [-0.1, -0.05) is 32.5 Å². The quantitative estimate of drug-likeness (QED) is 0.206. The van der Waals surface area contributed by atoms with Gasteiger partial charge in [-0.3, -0.25) is 14.2 Å². The topological polar surface area (TPSA) is 56.9 Å². The van der Waals surface area contributed by atoms with Gasteiger partial charge in [0.05, 0.1) is 11.1 Å². The molecule has 0 N–H and O–H groups in total. The van der Waals surface area contributed by atoms with Gasteiger partial charge in [-0.15, -0.1) is 11.3 Å². The fourth-order valence-corrected chi connectivity index (χ4v) is 6.98. The van der Waals surface area contributed by atoms with Crippen molar-refractivity contribution in [3.05, 3.63) is 43.8 Å². The van der Waals surface area contributed by atoms with Crippen LogP contribution in [0.25, 0.3) is 10.2 Å². The van der Waals surface area contributed by atoms with Crippen molar-refractivity contribution in [2.75, 3.05) is 5.75 Å². The molecule has 0 spiro atoms. The number of thiophene rings is 1. The van der Waals surface area contributed by atoms with E-state index in [0.717, 1.165) is 65.8 Å². The Bertz CT molecular complexity index is 1230. The summed E-state index contributed by atoms with van der Waals surface area (Å²) in [5, 5.41) is 1.51.